The summed E-state index contributed by atoms with van der Waals surface area (Å²) in [7, 11) is 3.24. The fraction of sp³-hybridized carbons (Fsp3) is 0.417. The van der Waals surface area contributed by atoms with Gasteiger partial charge in [-0.1, -0.05) is 12.1 Å². The molecule has 0 spiro atoms. The molecule has 0 unspecified atom stereocenters. The molecule has 0 radical (unpaired) electrons. The molecule has 7 nitrogen and oxygen atoms in total. The summed E-state index contributed by atoms with van der Waals surface area (Å²) in [6.45, 7) is 6.70. The number of benzene rings is 2. The van der Waals surface area contributed by atoms with Crippen LogP contribution in [-0.2, 0) is 11.3 Å². The van der Waals surface area contributed by atoms with Crippen LogP contribution in [0.3, 0.4) is 0 Å². The van der Waals surface area contributed by atoms with Crippen LogP contribution in [0, 0.1) is 11.3 Å². The molecule has 0 bridgehead atoms. The van der Waals surface area contributed by atoms with E-state index in [0.29, 0.717) is 12.1 Å². The van der Waals surface area contributed by atoms with Gasteiger partial charge in [-0.3, -0.25) is 14.6 Å². The lowest BCUT2D eigenvalue weighted by atomic mass is 10.1. The van der Waals surface area contributed by atoms with Crippen LogP contribution in [0.2, 0.25) is 0 Å². The smallest absolute Gasteiger partial charge is 0.234 e. The Labute approximate surface area is 184 Å². The molecule has 1 heterocycles. The Morgan fingerprint density at radius 1 is 1.06 bits per heavy atom. The average Bonchev–Trinajstić information content (AvgIpc) is 2.80. The number of methoxy groups -OCH3 is 2. The fourth-order valence-corrected chi connectivity index (χ4v) is 3.79. The number of nitrogens with one attached hydrogen (secondary N) is 1. The molecule has 1 N–H and O–H groups in total. The van der Waals surface area contributed by atoms with Crippen LogP contribution in [0.15, 0.2) is 42.5 Å². The molecule has 164 valence electrons. The zero-order valence-electron chi connectivity index (χ0n) is 18.4. The molecule has 0 saturated carbocycles. The predicted molar refractivity (Wildman–Crippen MR) is 119 cm³/mol. The number of amides is 1. The van der Waals surface area contributed by atoms with Crippen LogP contribution < -0.4 is 14.8 Å². The second-order valence-electron chi connectivity index (χ2n) is 7.76. The van der Waals surface area contributed by atoms with Crippen LogP contribution in [0.5, 0.6) is 11.5 Å². The van der Waals surface area contributed by atoms with E-state index in [1.54, 1.807) is 14.2 Å². The third-order valence-corrected chi connectivity index (χ3v) is 5.60. The van der Waals surface area contributed by atoms with Gasteiger partial charge in [0, 0.05) is 38.3 Å². The molecule has 1 atom stereocenters. The van der Waals surface area contributed by atoms with Gasteiger partial charge in [-0.25, -0.2) is 0 Å². The molecule has 1 aliphatic rings. The zero-order chi connectivity index (χ0) is 22.2. The zero-order valence-corrected chi connectivity index (χ0v) is 18.4. The Kier molecular flexibility index (Phi) is 7.88. The van der Waals surface area contributed by atoms with Gasteiger partial charge in [-0.2, -0.15) is 5.26 Å². The monoisotopic (exact) mass is 422 g/mol. The molecule has 1 aliphatic heterocycles. The number of carbonyl (C=O) groups excluding carboxylic acids is 1. The molecule has 2 aromatic rings. The molecule has 3 rings (SSSR count). The van der Waals surface area contributed by atoms with Crippen molar-refractivity contribution in [3.63, 3.8) is 0 Å². The van der Waals surface area contributed by atoms with E-state index in [1.807, 2.05) is 49.4 Å². The molecule has 0 aliphatic carbocycles. The minimum atomic E-state index is -0.185. The van der Waals surface area contributed by atoms with E-state index in [-0.39, 0.29) is 11.9 Å². The van der Waals surface area contributed by atoms with Gasteiger partial charge < -0.3 is 14.8 Å². The lowest BCUT2D eigenvalue weighted by molar-refractivity contribution is -0.123. The van der Waals surface area contributed by atoms with E-state index >= 15 is 0 Å². The molecule has 1 amide bonds. The van der Waals surface area contributed by atoms with Crippen molar-refractivity contribution in [2.75, 3.05) is 46.9 Å². The maximum atomic E-state index is 12.6. The van der Waals surface area contributed by atoms with Gasteiger partial charge in [0.15, 0.2) is 0 Å². The van der Waals surface area contributed by atoms with Crippen molar-refractivity contribution in [3.05, 3.63) is 59.2 Å². The van der Waals surface area contributed by atoms with Crippen molar-refractivity contribution in [3.8, 4) is 17.6 Å². The number of nitriles is 1. The first-order valence-electron chi connectivity index (χ1n) is 10.5. The van der Waals surface area contributed by atoms with Crippen molar-refractivity contribution in [1.82, 2.24) is 15.1 Å². The van der Waals surface area contributed by atoms with Crippen molar-refractivity contribution in [2.45, 2.75) is 19.5 Å². The van der Waals surface area contributed by atoms with Crippen LogP contribution in [0.1, 0.15) is 29.7 Å². The number of hydrogen-bond acceptors (Lipinski definition) is 6. The number of ether oxygens (including phenoxy) is 2. The molecule has 2 aromatic carbocycles. The summed E-state index contributed by atoms with van der Waals surface area (Å²) in [4.78, 5) is 17.2. The Balaban J connectivity index is 1.47. The quantitative estimate of drug-likeness (QED) is 0.705. The minimum absolute atomic E-state index is 0.00193. The summed E-state index contributed by atoms with van der Waals surface area (Å²) >= 11 is 0. The Morgan fingerprint density at radius 3 is 2.35 bits per heavy atom. The lowest BCUT2D eigenvalue weighted by Crippen LogP contribution is -2.49. The van der Waals surface area contributed by atoms with Crippen LogP contribution in [-0.4, -0.2) is 62.7 Å². The summed E-state index contributed by atoms with van der Waals surface area (Å²) in [5.41, 5.74) is 2.77. The van der Waals surface area contributed by atoms with E-state index < -0.39 is 0 Å². The van der Waals surface area contributed by atoms with E-state index in [2.05, 4.69) is 21.2 Å². The van der Waals surface area contributed by atoms with Crippen LogP contribution >= 0.6 is 0 Å². The largest absolute Gasteiger partial charge is 0.497 e. The maximum absolute atomic E-state index is 12.6. The Bertz CT molecular complexity index is 915. The standard InChI is InChI=1S/C24H30N4O3/c1-18(22-14-21(30-2)8-9-23(22)31-3)26-24(29)17-28-12-10-27(11-13-28)16-20-6-4-19(15-25)5-7-20/h4-9,14,18H,10-13,16-17H2,1-3H3,(H,26,29)/t18-/m1/s1. The number of piperazine rings is 1. The molecular weight excluding hydrogens is 392 g/mol. The first-order chi connectivity index (χ1) is 15.0. The predicted octanol–water partition coefficient (Wildman–Crippen LogP) is 2.57. The molecular formula is C24H30N4O3. The van der Waals surface area contributed by atoms with E-state index in [4.69, 9.17) is 14.7 Å². The van der Waals surface area contributed by atoms with Gasteiger partial charge in [0.05, 0.1) is 38.4 Å². The summed E-state index contributed by atoms with van der Waals surface area (Å²) in [6, 6.07) is 15.3. The van der Waals surface area contributed by atoms with Crippen molar-refractivity contribution in [1.29, 1.82) is 5.26 Å². The number of hydrogen-bond donors (Lipinski definition) is 1. The highest BCUT2D eigenvalue weighted by molar-refractivity contribution is 5.78. The number of rotatable bonds is 8. The molecule has 1 saturated heterocycles. The lowest BCUT2D eigenvalue weighted by Gasteiger charge is -2.34. The van der Waals surface area contributed by atoms with Gasteiger partial charge in [0.1, 0.15) is 11.5 Å². The maximum Gasteiger partial charge on any atom is 0.234 e. The molecule has 0 aromatic heterocycles. The molecule has 31 heavy (non-hydrogen) atoms. The molecule has 7 heteroatoms. The summed E-state index contributed by atoms with van der Waals surface area (Å²) in [5.74, 6) is 1.46. The highest BCUT2D eigenvalue weighted by Crippen LogP contribution is 2.29. The highest BCUT2D eigenvalue weighted by Gasteiger charge is 2.21. The van der Waals surface area contributed by atoms with Gasteiger partial charge >= 0.3 is 0 Å². The second kappa shape index (κ2) is 10.8. The van der Waals surface area contributed by atoms with E-state index in [0.717, 1.165) is 49.8 Å². The highest BCUT2D eigenvalue weighted by atomic mass is 16.5. The first kappa shape index (κ1) is 22.6. The SMILES string of the molecule is COc1ccc(OC)c([C@@H](C)NC(=O)CN2CCN(Cc3ccc(C#N)cc3)CC2)c1. The van der Waals surface area contributed by atoms with Crippen molar-refractivity contribution < 1.29 is 14.3 Å². The third kappa shape index (κ3) is 6.20. The average molecular weight is 423 g/mol. The van der Waals surface area contributed by atoms with Crippen LogP contribution in [0.25, 0.3) is 0 Å². The van der Waals surface area contributed by atoms with E-state index in [9.17, 15) is 4.79 Å². The fourth-order valence-electron chi connectivity index (χ4n) is 3.79. The van der Waals surface area contributed by atoms with Crippen LogP contribution in [0.4, 0.5) is 0 Å². The molecule has 1 fully saturated rings. The van der Waals surface area contributed by atoms with Gasteiger partial charge in [-0.05, 0) is 42.8 Å². The van der Waals surface area contributed by atoms with Gasteiger partial charge in [0.25, 0.3) is 0 Å². The van der Waals surface area contributed by atoms with Gasteiger partial charge in [0.2, 0.25) is 5.91 Å². The topological polar surface area (TPSA) is 77.8 Å². The minimum Gasteiger partial charge on any atom is -0.497 e. The summed E-state index contributed by atoms with van der Waals surface area (Å²) in [6.07, 6.45) is 0. The Morgan fingerprint density at radius 2 is 1.74 bits per heavy atom. The van der Waals surface area contributed by atoms with Gasteiger partial charge in [-0.15, -0.1) is 0 Å². The Hall–Kier alpha value is -3.08. The summed E-state index contributed by atoms with van der Waals surface area (Å²) < 4.78 is 10.7. The first-order valence-corrected chi connectivity index (χ1v) is 10.5. The normalized spacial score (nSPS) is 15.7. The number of nitrogens with zero attached hydrogens (tertiary/aromatic N) is 3. The summed E-state index contributed by atoms with van der Waals surface area (Å²) in [5, 5.41) is 12.0. The van der Waals surface area contributed by atoms with Crippen molar-refractivity contribution >= 4 is 5.91 Å². The third-order valence-electron chi connectivity index (χ3n) is 5.60. The second-order valence-corrected chi connectivity index (χ2v) is 7.76. The number of carbonyl (C=O) groups is 1. The van der Waals surface area contributed by atoms with E-state index in [1.165, 1.54) is 5.56 Å². The van der Waals surface area contributed by atoms with Crippen molar-refractivity contribution in [2.24, 2.45) is 0 Å².